The van der Waals surface area contributed by atoms with Gasteiger partial charge >= 0.3 is 0 Å². The number of rotatable bonds is 10. The van der Waals surface area contributed by atoms with E-state index >= 15 is 0 Å². The summed E-state index contributed by atoms with van der Waals surface area (Å²) >= 11 is 0. The lowest BCUT2D eigenvalue weighted by atomic mass is 9.99. The van der Waals surface area contributed by atoms with Crippen molar-refractivity contribution in [1.82, 2.24) is 15.5 Å². The molecule has 2 N–H and O–H groups in total. The van der Waals surface area contributed by atoms with Crippen LogP contribution >= 0.6 is 0 Å². The Bertz CT molecular complexity index is 635. The molecule has 0 atom stereocenters. The van der Waals surface area contributed by atoms with Gasteiger partial charge in [-0.15, -0.1) is 0 Å². The van der Waals surface area contributed by atoms with Crippen LogP contribution < -0.4 is 10.6 Å². The first-order chi connectivity index (χ1) is 15.2. The SMILES string of the molecule is CN=C(NCCCOCC1CCOCC1)NCc1ccc(CN2CCC(C)CC2)cc1. The molecule has 1 aromatic rings. The fourth-order valence-corrected chi connectivity index (χ4v) is 4.19. The van der Waals surface area contributed by atoms with E-state index in [-0.39, 0.29) is 0 Å². The van der Waals surface area contributed by atoms with Crippen molar-refractivity contribution >= 4 is 5.96 Å². The number of nitrogens with one attached hydrogen (secondary N) is 2. The van der Waals surface area contributed by atoms with E-state index in [1.807, 2.05) is 7.05 Å². The molecule has 3 rings (SSSR count). The summed E-state index contributed by atoms with van der Waals surface area (Å²) in [7, 11) is 1.82. The molecule has 31 heavy (non-hydrogen) atoms. The molecule has 2 aliphatic heterocycles. The van der Waals surface area contributed by atoms with Crippen molar-refractivity contribution in [3.05, 3.63) is 35.4 Å². The predicted molar refractivity (Wildman–Crippen MR) is 127 cm³/mol. The zero-order valence-electron chi connectivity index (χ0n) is 19.6. The third kappa shape index (κ3) is 9.17. The third-order valence-electron chi connectivity index (χ3n) is 6.44. The highest BCUT2D eigenvalue weighted by Gasteiger charge is 2.15. The van der Waals surface area contributed by atoms with Gasteiger partial charge in [-0.25, -0.2) is 0 Å². The number of guanidine groups is 1. The lowest BCUT2D eigenvalue weighted by Gasteiger charge is -2.30. The molecule has 0 amide bonds. The lowest BCUT2D eigenvalue weighted by Crippen LogP contribution is -2.37. The Kier molecular flexibility index (Phi) is 10.6. The van der Waals surface area contributed by atoms with Crippen molar-refractivity contribution in [3.8, 4) is 0 Å². The number of likely N-dealkylation sites (tertiary alicyclic amines) is 1. The lowest BCUT2D eigenvalue weighted by molar-refractivity contribution is 0.0203. The number of hydrogen-bond donors (Lipinski definition) is 2. The minimum absolute atomic E-state index is 0.672. The zero-order valence-corrected chi connectivity index (χ0v) is 19.6. The van der Waals surface area contributed by atoms with E-state index < -0.39 is 0 Å². The van der Waals surface area contributed by atoms with Crippen molar-refractivity contribution in [3.63, 3.8) is 0 Å². The van der Waals surface area contributed by atoms with E-state index in [9.17, 15) is 0 Å². The van der Waals surface area contributed by atoms with Gasteiger partial charge in [0.25, 0.3) is 0 Å². The van der Waals surface area contributed by atoms with Gasteiger partial charge in [0.05, 0.1) is 0 Å². The third-order valence-corrected chi connectivity index (χ3v) is 6.44. The van der Waals surface area contributed by atoms with Crippen molar-refractivity contribution in [2.24, 2.45) is 16.8 Å². The van der Waals surface area contributed by atoms with Crippen LogP contribution in [0, 0.1) is 11.8 Å². The van der Waals surface area contributed by atoms with Crippen molar-refractivity contribution in [2.75, 3.05) is 53.1 Å². The van der Waals surface area contributed by atoms with Crippen molar-refractivity contribution in [2.45, 2.75) is 52.1 Å². The first-order valence-corrected chi connectivity index (χ1v) is 12.1. The quantitative estimate of drug-likeness (QED) is 0.338. The van der Waals surface area contributed by atoms with E-state index in [4.69, 9.17) is 9.47 Å². The molecule has 174 valence electrons. The summed E-state index contributed by atoms with van der Waals surface area (Å²) in [5.41, 5.74) is 2.68. The number of aliphatic imine (C=N–C) groups is 1. The second-order valence-electron chi connectivity index (χ2n) is 9.11. The predicted octanol–water partition coefficient (Wildman–Crippen LogP) is 3.42. The van der Waals surface area contributed by atoms with Crippen molar-refractivity contribution < 1.29 is 9.47 Å². The van der Waals surface area contributed by atoms with E-state index in [0.29, 0.717) is 5.92 Å². The number of nitrogens with zero attached hydrogens (tertiary/aromatic N) is 2. The molecule has 0 aromatic heterocycles. The van der Waals surface area contributed by atoms with Gasteiger partial charge in [-0.3, -0.25) is 9.89 Å². The van der Waals surface area contributed by atoms with Gasteiger partial charge in [0, 0.05) is 53.1 Å². The second kappa shape index (κ2) is 13.7. The van der Waals surface area contributed by atoms with Crippen LogP contribution in [0.4, 0.5) is 0 Å². The van der Waals surface area contributed by atoms with E-state index in [1.54, 1.807) is 0 Å². The summed E-state index contributed by atoms with van der Waals surface area (Å²) < 4.78 is 11.2. The van der Waals surface area contributed by atoms with Crippen LogP contribution in [0.3, 0.4) is 0 Å². The number of ether oxygens (including phenoxy) is 2. The van der Waals surface area contributed by atoms with Gasteiger partial charge in [-0.2, -0.15) is 0 Å². The molecule has 2 heterocycles. The molecule has 0 saturated carbocycles. The van der Waals surface area contributed by atoms with Crippen LogP contribution in [-0.4, -0.2) is 64.0 Å². The standard InChI is InChI=1S/C25H42N4O2/c1-21-8-13-29(14-9-21)19-23-6-4-22(5-7-23)18-28-25(26-2)27-12-3-15-31-20-24-10-16-30-17-11-24/h4-7,21,24H,3,8-20H2,1-2H3,(H2,26,27,28). The van der Waals surface area contributed by atoms with Crippen LogP contribution in [0.2, 0.25) is 0 Å². The van der Waals surface area contributed by atoms with Gasteiger partial charge in [0.1, 0.15) is 0 Å². The Morgan fingerprint density at radius 1 is 1.06 bits per heavy atom. The minimum atomic E-state index is 0.672. The van der Waals surface area contributed by atoms with E-state index in [2.05, 4.69) is 51.7 Å². The molecule has 0 spiro atoms. The van der Waals surface area contributed by atoms with Crippen LogP contribution in [-0.2, 0) is 22.6 Å². The maximum absolute atomic E-state index is 5.83. The molecule has 2 saturated heterocycles. The number of benzene rings is 1. The highest BCUT2D eigenvalue weighted by molar-refractivity contribution is 5.79. The number of hydrogen-bond acceptors (Lipinski definition) is 4. The first-order valence-electron chi connectivity index (χ1n) is 12.1. The molecule has 6 nitrogen and oxygen atoms in total. The molecule has 2 aliphatic rings. The fraction of sp³-hybridized carbons (Fsp3) is 0.720. The smallest absolute Gasteiger partial charge is 0.191 e. The Morgan fingerprint density at radius 3 is 2.48 bits per heavy atom. The molecule has 0 bridgehead atoms. The Morgan fingerprint density at radius 2 is 1.77 bits per heavy atom. The fourth-order valence-electron chi connectivity index (χ4n) is 4.19. The summed E-state index contributed by atoms with van der Waals surface area (Å²) in [5.74, 6) is 2.40. The molecule has 2 fully saturated rings. The minimum Gasteiger partial charge on any atom is -0.381 e. The summed E-state index contributed by atoms with van der Waals surface area (Å²) in [6.07, 6.45) is 5.90. The normalized spacial score (nSPS) is 19.5. The summed E-state index contributed by atoms with van der Waals surface area (Å²) in [6.45, 7) is 11.0. The molecule has 1 aromatic carbocycles. The average Bonchev–Trinajstić information content (AvgIpc) is 2.81. The highest BCUT2D eigenvalue weighted by Crippen LogP contribution is 2.18. The second-order valence-corrected chi connectivity index (χ2v) is 9.11. The Labute approximate surface area is 188 Å². The van der Waals surface area contributed by atoms with Crippen LogP contribution in [0.25, 0.3) is 0 Å². The maximum Gasteiger partial charge on any atom is 0.191 e. The monoisotopic (exact) mass is 430 g/mol. The Hall–Kier alpha value is -1.63. The highest BCUT2D eigenvalue weighted by atomic mass is 16.5. The number of piperidine rings is 1. The van der Waals surface area contributed by atoms with Crippen molar-refractivity contribution in [1.29, 1.82) is 0 Å². The molecule has 6 heteroatoms. The summed E-state index contributed by atoms with van der Waals surface area (Å²) in [6, 6.07) is 8.99. The summed E-state index contributed by atoms with van der Waals surface area (Å²) in [5, 5.41) is 6.79. The summed E-state index contributed by atoms with van der Waals surface area (Å²) in [4.78, 5) is 6.90. The van der Waals surface area contributed by atoms with Gasteiger partial charge in [0.15, 0.2) is 5.96 Å². The first kappa shape index (κ1) is 24.0. The zero-order chi connectivity index (χ0) is 21.7. The molecule has 0 unspecified atom stereocenters. The van der Waals surface area contributed by atoms with Crippen LogP contribution in [0.15, 0.2) is 29.3 Å². The van der Waals surface area contributed by atoms with E-state index in [1.165, 1.54) is 37.1 Å². The van der Waals surface area contributed by atoms with E-state index in [0.717, 1.165) is 77.2 Å². The average molecular weight is 431 g/mol. The van der Waals surface area contributed by atoms with Crippen LogP contribution in [0.5, 0.6) is 0 Å². The van der Waals surface area contributed by atoms with Gasteiger partial charge in [-0.1, -0.05) is 31.2 Å². The largest absolute Gasteiger partial charge is 0.381 e. The van der Waals surface area contributed by atoms with Gasteiger partial charge in [0.2, 0.25) is 0 Å². The molecular weight excluding hydrogens is 388 g/mol. The molecular formula is C25H42N4O2. The maximum atomic E-state index is 5.83. The van der Waals surface area contributed by atoms with Gasteiger partial charge < -0.3 is 20.1 Å². The van der Waals surface area contributed by atoms with Gasteiger partial charge in [-0.05, 0) is 68.2 Å². The molecule has 0 aliphatic carbocycles. The Balaban J connectivity index is 1.26. The molecule has 0 radical (unpaired) electrons. The topological polar surface area (TPSA) is 58.1 Å². The van der Waals surface area contributed by atoms with Crippen LogP contribution in [0.1, 0.15) is 50.2 Å².